The van der Waals surface area contributed by atoms with Crippen molar-refractivity contribution in [3.05, 3.63) is 63.1 Å². The molecule has 31 heavy (non-hydrogen) atoms. The first kappa shape index (κ1) is 25.0. The van der Waals surface area contributed by atoms with Crippen molar-refractivity contribution in [1.29, 1.82) is 0 Å². The van der Waals surface area contributed by atoms with Gasteiger partial charge in [0.05, 0.1) is 0 Å². The molecule has 0 radical (unpaired) electrons. The van der Waals surface area contributed by atoms with Crippen molar-refractivity contribution in [2.75, 3.05) is 13.2 Å². The van der Waals surface area contributed by atoms with Crippen LogP contribution in [0.15, 0.2) is 36.4 Å². The average molecular weight is 465 g/mol. The van der Waals surface area contributed by atoms with E-state index in [1.807, 2.05) is 45.9 Å². The topological polar surface area (TPSA) is 58.6 Å². The van der Waals surface area contributed by atoms with E-state index in [2.05, 4.69) is 5.32 Å². The molecule has 0 aliphatic carbocycles. The summed E-state index contributed by atoms with van der Waals surface area (Å²) in [7, 11) is 0. The minimum atomic E-state index is -0.631. The molecular weight excluding hydrogens is 435 g/mol. The number of ether oxygens (including phenoxy) is 1. The van der Waals surface area contributed by atoms with Crippen LogP contribution in [0.5, 0.6) is 5.75 Å². The van der Waals surface area contributed by atoms with E-state index >= 15 is 0 Å². The summed E-state index contributed by atoms with van der Waals surface area (Å²) < 4.78 is 5.78. The number of rotatable bonds is 10. The van der Waals surface area contributed by atoms with Crippen molar-refractivity contribution in [2.24, 2.45) is 0 Å². The summed E-state index contributed by atoms with van der Waals surface area (Å²) in [4.78, 5) is 27.5. The van der Waals surface area contributed by atoms with Crippen molar-refractivity contribution < 1.29 is 14.3 Å². The SMILES string of the molecule is CCCNC(=O)C(CC)N(Cc1ccc(Cl)cc1Cl)C(=O)COc1cc(C)cc(C)c1. The standard InChI is InChI=1S/C24H30Cl2N2O3/c1-5-9-27-24(30)22(6-2)28(14-18-7-8-19(25)13-21(18)26)23(29)15-31-20-11-16(3)10-17(4)12-20/h7-8,10-13,22H,5-6,9,14-15H2,1-4H3,(H,27,30). The number of hydrogen-bond acceptors (Lipinski definition) is 3. The zero-order valence-electron chi connectivity index (χ0n) is 18.5. The molecular formula is C24H30Cl2N2O3. The Kier molecular flexibility index (Phi) is 9.66. The number of nitrogens with zero attached hydrogens (tertiary/aromatic N) is 1. The Hall–Kier alpha value is -2.24. The van der Waals surface area contributed by atoms with E-state index in [0.717, 1.165) is 17.5 Å². The lowest BCUT2D eigenvalue weighted by atomic mass is 10.1. The number of nitrogens with one attached hydrogen (secondary N) is 1. The number of carbonyl (C=O) groups is 2. The van der Waals surface area contributed by atoms with Crippen LogP contribution in [0.2, 0.25) is 10.0 Å². The monoisotopic (exact) mass is 464 g/mol. The van der Waals surface area contributed by atoms with Crippen molar-refractivity contribution in [1.82, 2.24) is 10.2 Å². The molecule has 7 heteroatoms. The van der Waals surface area contributed by atoms with Gasteiger partial charge in [-0.05, 0) is 67.6 Å². The molecule has 0 heterocycles. The van der Waals surface area contributed by atoms with Crippen LogP contribution in [-0.4, -0.2) is 35.9 Å². The predicted octanol–water partition coefficient (Wildman–Crippen LogP) is 5.32. The fourth-order valence-electron chi connectivity index (χ4n) is 3.36. The van der Waals surface area contributed by atoms with Gasteiger partial charge in [-0.2, -0.15) is 0 Å². The van der Waals surface area contributed by atoms with Gasteiger partial charge in [-0.25, -0.2) is 0 Å². The summed E-state index contributed by atoms with van der Waals surface area (Å²) in [5.41, 5.74) is 2.82. The molecule has 1 unspecified atom stereocenters. The highest BCUT2D eigenvalue weighted by Gasteiger charge is 2.29. The van der Waals surface area contributed by atoms with Gasteiger partial charge in [-0.1, -0.05) is 49.2 Å². The molecule has 5 nitrogen and oxygen atoms in total. The molecule has 0 saturated heterocycles. The van der Waals surface area contributed by atoms with Gasteiger partial charge in [-0.15, -0.1) is 0 Å². The second-order valence-corrected chi connectivity index (χ2v) is 8.43. The van der Waals surface area contributed by atoms with Crippen LogP contribution in [-0.2, 0) is 16.1 Å². The van der Waals surface area contributed by atoms with Crippen molar-refractivity contribution in [3.63, 3.8) is 0 Å². The molecule has 0 bridgehead atoms. The summed E-state index contributed by atoms with van der Waals surface area (Å²) in [6.45, 7) is 8.37. The van der Waals surface area contributed by atoms with Crippen LogP contribution in [0.1, 0.15) is 43.4 Å². The first-order valence-corrected chi connectivity index (χ1v) is 11.2. The summed E-state index contributed by atoms with van der Waals surface area (Å²) in [6, 6.07) is 10.3. The normalized spacial score (nSPS) is 11.7. The maximum absolute atomic E-state index is 13.2. The lowest BCUT2D eigenvalue weighted by Crippen LogP contribution is -2.50. The number of aryl methyl sites for hydroxylation is 2. The molecule has 2 aromatic carbocycles. The van der Waals surface area contributed by atoms with Crippen molar-refractivity contribution >= 4 is 35.0 Å². The molecule has 0 fully saturated rings. The number of benzene rings is 2. The van der Waals surface area contributed by atoms with Gasteiger partial charge < -0.3 is 15.0 Å². The Morgan fingerprint density at radius 2 is 1.74 bits per heavy atom. The van der Waals surface area contributed by atoms with E-state index in [1.165, 1.54) is 4.90 Å². The molecule has 168 valence electrons. The fourth-order valence-corrected chi connectivity index (χ4v) is 3.83. The van der Waals surface area contributed by atoms with Crippen LogP contribution in [0.3, 0.4) is 0 Å². The Balaban J connectivity index is 2.25. The van der Waals surface area contributed by atoms with Gasteiger partial charge in [0.1, 0.15) is 11.8 Å². The maximum atomic E-state index is 13.2. The Morgan fingerprint density at radius 3 is 2.32 bits per heavy atom. The fraction of sp³-hybridized carbons (Fsp3) is 0.417. The third-order valence-corrected chi connectivity index (χ3v) is 5.44. The van der Waals surface area contributed by atoms with E-state index in [4.69, 9.17) is 27.9 Å². The molecule has 2 aromatic rings. The second-order valence-electron chi connectivity index (χ2n) is 7.58. The molecule has 0 aliphatic rings. The average Bonchev–Trinajstić information content (AvgIpc) is 2.71. The first-order chi connectivity index (χ1) is 14.7. The van der Waals surface area contributed by atoms with E-state index in [0.29, 0.717) is 34.3 Å². The highest BCUT2D eigenvalue weighted by atomic mass is 35.5. The third-order valence-electron chi connectivity index (χ3n) is 4.85. The Morgan fingerprint density at radius 1 is 1.06 bits per heavy atom. The molecule has 0 aromatic heterocycles. The molecule has 0 aliphatic heterocycles. The number of hydrogen-bond donors (Lipinski definition) is 1. The van der Waals surface area contributed by atoms with Crippen molar-refractivity contribution in [2.45, 2.75) is 53.1 Å². The molecule has 0 spiro atoms. The number of amides is 2. The summed E-state index contributed by atoms with van der Waals surface area (Å²) in [5.74, 6) is 0.150. The quantitative estimate of drug-likeness (QED) is 0.517. The van der Waals surface area contributed by atoms with Gasteiger partial charge in [0.2, 0.25) is 5.91 Å². The lowest BCUT2D eigenvalue weighted by molar-refractivity contribution is -0.143. The minimum absolute atomic E-state index is 0.175. The maximum Gasteiger partial charge on any atom is 0.261 e. The zero-order valence-corrected chi connectivity index (χ0v) is 20.0. The van der Waals surface area contributed by atoms with Gasteiger partial charge in [0.25, 0.3) is 5.91 Å². The number of carbonyl (C=O) groups excluding carboxylic acids is 2. The van der Waals surface area contributed by atoms with Gasteiger partial charge in [0.15, 0.2) is 6.61 Å². The largest absolute Gasteiger partial charge is 0.484 e. The summed E-state index contributed by atoms with van der Waals surface area (Å²) >= 11 is 12.4. The molecule has 2 rings (SSSR count). The molecule has 1 N–H and O–H groups in total. The van der Waals surface area contributed by atoms with Gasteiger partial charge >= 0.3 is 0 Å². The van der Waals surface area contributed by atoms with Crippen LogP contribution in [0.25, 0.3) is 0 Å². The Labute approximate surface area is 194 Å². The smallest absolute Gasteiger partial charge is 0.261 e. The van der Waals surface area contributed by atoms with E-state index in [9.17, 15) is 9.59 Å². The highest BCUT2D eigenvalue weighted by molar-refractivity contribution is 6.35. The number of halogens is 2. The minimum Gasteiger partial charge on any atom is -0.484 e. The summed E-state index contributed by atoms with van der Waals surface area (Å²) in [6.07, 6.45) is 1.28. The van der Waals surface area contributed by atoms with Crippen LogP contribution in [0, 0.1) is 13.8 Å². The van der Waals surface area contributed by atoms with Gasteiger partial charge in [0, 0.05) is 23.1 Å². The second kappa shape index (κ2) is 12.0. The van der Waals surface area contributed by atoms with Crippen LogP contribution in [0.4, 0.5) is 0 Å². The van der Waals surface area contributed by atoms with E-state index in [1.54, 1.807) is 18.2 Å². The molecule has 1 atom stereocenters. The lowest BCUT2D eigenvalue weighted by Gasteiger charge is -2.31. The third kappa shape index (κ3) is 7.44. The molecule has 0 saturated carbocycles. The first-order valence-electron chi connectivity index (χ1n) is 10.5. The van der Waals surface area contributed by atoms with E-state index < -0.39 is 6.04 Å². The van der Waals surface area contributed by atoms with Gasteiger partial charge in [-0.3, -0.25) is 9.59 Å². The zero-order chi connectivity index (χ0) is 23.0. The molecule has 2 amide bonds. The predicted molar refractivity (Wildman–Crippen MR) is 126 cm³/mol. The van der Waals surface area contributed by atoms with Crippen LogP contribution < -0.4 is 10.1 Å². The van der Waals surface area contributed by atoms with Crippen molar-refractivity contribution in [3.8, 4) is 5.75 Å². The van der Waals surface area contributed by atoms with E-state index in [-0.39, 0.29) is 25.0 Å². The Bertz CT molecular complexity index is 897. The summed E-state index contributed by atoms with van der Waals surface area (Å²) in [5, 5.41) is 3.85. The van der Waals surface area contributed by atoms with Crippen LogP contribution >= 0.6 is 23.2 Å². The highest BCUT2D eigenvalue weighted by Crippen LogP contribution is 2.24.